The Labute approximate surface area is 223 Å². The minimum atomic E-state index is -0.973. The van der Waals surface area contributed by atoms with Gasteiger partial charge in [-0.15, -0.1) is 11.3 Å². The van der Waals surface area contributed by atoms with Gasteiger partial charge in [-0.05, 0) is 67.9 Å². The Balaban J connectivity index is 1.56. The molecular weight excluding hydrogens is 480 g/mol. The summed E-state index contributed by atoms with van der Waals surface area (Å²) in [5.41, 5.74) is 4.82. The van der Waals surface area contributed by atoms with Crippen LogP contribution in [0.3, 0.4) is 0 Å². The Morgan fingerprint density at radius 1 is 1.03 bits per heavy atom. The smallest absolute Gasteiger partial charge is 0.348 e. The number of thiophene rings is 1. The Morgan fingerprint density at radius 3 is 2.35 bits per heavy atom. The van der Waals surface area contributed by atoms with Crippen LogP contribution in [-0.4, -0.2) is 40.5 Å². The van der Waals surface area contributed by atoms with Gasteiger partial charge in [0, 0.05) is 18.0 Å². The van der Waals surface area contributed by atoms with Crippen LogP contribution in [0.1, 0.15) is 65.4 Å². The zero-order valence-corrected chi connectivity index (χ0v) is 22.8. The summed E-state index contributed by atoms with van der Waals surface area (Å²) in [6.45, 7) is 8.21. The highest BCUT2D eigenvalue weighted by atomic mass is 32.1. The summed E-state index contributed by atoms with van der Waals surface area (Å²) >= 11 is 1.26. The van der Waals surface area contributed by atoms with Gasteiger partial charge in [-0.1, -0.05) is 67.8 Å². The first-order valence-electron chi connectivity index (χ1n) is 13.3. The van der Waals surface area contributed by atoms with Gasteiger partial charge < -0.3 is 10.0 Å². The average Bonchev–Trinajstić information content (AvgIpc) is 3.32. The van der Waals surface area contributed by atoms with Gasteiger partial charge in [0.1, 0.15) is 4.88 Å². The number of carboxylic acid groups (broad SMARTS) is 1. The minimum Gasteiger partial charge on any atom is -0.477 e. The maximum atomic E-state index is 14.0. The molecule has 1 saturated carbocycles. The van der Waals surface area contributed by atoms with Gasteiger partial charge in [0.15, 0.2) is 0 Å². The van der Waals surface area contributed by atoms with Crippen molar-refractivity contribution in [3.8, 4) is 10.4 Å². The molecule has 5 rings (SSSR count). The normalized spacial score (nSPS) is 21.4. The van der Waals surface area contributed by atoms with E-state index in [0.717, 1.165) is 49.2 Å². The predicted molar refractivity (Wildman–Crippen MR) is 150 cm³/mol. The van der Waals surface area contributed by atoms with Gasteiger partial charge in [0.2, 0.25) is 5.91 Å². The van der Waals surface area contributed by atoms with Crippen LogP contribution in [0, 0.1) is 19.8 Å². The maximum Gasteiger partial charge on any atom is 0.348 e. The lowest BCUT2D eigenvalue weighted by Gasteiger charge is -2.53. The number of carbonyl (C=O) groups is 2. The second-order valence-corrected chi connectivity index (χ2v) is 12.0. The van der Waals surface area contributed by atoms with E-state index in [0.29, 0.717) is 11.6 Å². The van der Waals surface area contributed by atoms with E-state index in [4.69, 9.17) is 0 Å². The third-order valence-electron chi connectivity index (χ3n) is 8.38. The Morgan fingerprint density at radius 2 is 1.70 bits per heavy atom. The molecule has 1 unspecified atom stereocenters. The number of carboxylic acids is 1. The molecule has 2 aliphatic rings. The fraction of sp³-hybridized carbons (Fsp3) is 0.419. The quantitative estimate of drug-likeness (QED) is 0.386. The largest absolute Gasteiger partial charge is 0.477 e. The molecule has 1 N–H and O–H groups in total. The zero-order chi connectivity index (χ0) is 26.2. The number of aryl methyl sites for hydroxylation is 2. The highest BCUT2D eigenvalue weighted by Gasteiger charge is 2.49. The third-order valence-corrected chi connectivity index (χ3v) is 9.54. The second kappa shape index (κ2) is 10.4. The van der Waals surface area contributed by atoms with Crippen LogP contribution in [0.4, 0.5) is 5.69 Å². The molecule has 1 aromatic heterocycles. The molecular formula is C31H36N2O3S. The van der Waals surface area contributed by atoms with Gasteiger partial charge in [0.25, 0.3) is 0 Å². The molecule has 3 aromatic rings. The van der Waals surface area contributed by atoms with E-state index in [-0.39, 0.29) is 17.3 Å². The number of piperazine rings is 1. The summed E-state index contributed by atoms with van der Waals surface area (Å²) in [7, 11) is 0. The van der Waals surface area contributed by atoms with Crippen LogP contribution in [0.2, 0.25) is 0 Å². The Kier molecular flexibility index (Phi) is 7.24. The summed E-state index contributed by atoms with van der Waals surface area (Å²) in [4.78, 5) is 31.8. The highest BCUT2D eigenvalue weighted by Crippen LogP contribution is 2.46. The van der Waals surface area contributed by atoms with Crippen LogP contribution in [0.5, 0.6) is 0 Å². The van der Waals surface area contributed by atoms with Crippen LogP contribution in [0.15, 0.2) is 54.6 Å². The SMILES string of the molecule is Cc1cccc(C)c1CN1CC(=O)N(c2cc(-c3ccccc3)sc2C(=O)O)C(C)(C2CCCCC2)C1. The van der Waals surface area contributed by atoms with Crippen molar-refractivity contribution in [2.75, 3.05) is 18.0 Å². The summed E-state index contributed by atoms with van der Waals surface area (Å²) in [5, 5.41) is 10.2. The number of benzene rings is 2. The highest BCUT2D eigenvalue weighted by molar-refractivity contribution is 7.18. The molecule has 5 nitrogen and oxygen atoms in total. The van der Waals surface area contributed by atoms with E-state index in [1.807, 2.05) is 41.3 Å². The molecule has 1 aliphatic carbocycles. The molecule has 2 fully saturated rings. The molecule has 6 heteroatoms. The summed E-state index contributed by atoms with van der Waals surface area (Å²) in [6, 6.07) is 18.1. The molecule has 0 bridgehead atoms. The topological polar surface area (TPSA) is 60.9 Å². The van der Waals surface area contributed by atoms with Crippen molar-refractivity contribution < 1.29 is 14.7 Å². The number of amides is 1. The van der Waals surface area contributed by atoms with Crippen molar-refractivity contribution >= 4 is 28.9 Å². The number of carbonyl (C=O) groups excluding carboxylic acids is 1. The van der Waals surface area contributed by atoms with Gasteiger partial charge in [-0.25, -0.2) is 4.79 Å². The Hall–Kier alpha value is -2.96. The standard InChI is InChI=1S/C31H36N2O3S/c1-21-11-10-12-22(2)25(21)18-32-19-28(34)33(31(3,20-32)24-15-8-5-9-16-24)26-17-27(37-29(26)30(35)36)23-13-6-4-7-14-23/h4,6-7,10-14,17,24H,5,8-9,15-16,18-20H2,1-3H3,(H,35,36). The van der Waals surface area contributed by atoms with Crippen LogP contribution in [0.25, 0.3) is 10.4 Å². The van der Waals surface area contributed by atoms with E-state index < -0.39 is 11.5 Å². The number of nitrogens with zero attached hydrogens (tertiary/aromatic N) is 2. The van der Waals surface area contributed by atoms with E-state index in [1.165, 1.54) is 34.4 Å². The van der Waals surface area contributed by atoms with Crippen LogP contribution >= 0.6 is 11.3 Å². The molecule has 194 valence electrons. The van der Waals surface area contributed by atoms with Crippen molar-refractivity contribution in [3.05, 3.63) is 76.2 Å². The number of anilines is 1. The zero-order valence-electron chi connectivity index (χ0n) is 22.0. The Bertz CT molecular complexity index is 1270. The third kappa shape index (κ3) is 4.97. The first kappa shape index (κ1) is 25.7. The molecule has 1 amide bonds. The predicted octanol–water partition coefficient (Wildman–Crippen LogP) is 6.92. The molecule has 1 saturated heterocycles. The van der Waals surface area contributed by atoms with Gasteiger partial charge in [-0.2, -0.15) is 0 Å². The van der Waals surface area contributed by atoms with E-state index in [9.17, 15) is 14.7 Å². The number of aromatic carboxylic acids is 1. The molecule has 1 atom stereocenters. The average molecular weight is 517 g/mol. The van der Waals surface area contributed by atoms with Gasteiger partial charge >= 0.3 is 5.97 Å². The fourth-order valence-electron chi connectivity index (χ4n) is 6.45. The molecule has 37 heavy (non-hydrogen) atoms. The molecule has 0 spiro atoms. The van der Waals surface area contributed by atoms with Gasteiger partial charge in [-0.3, -0.25) is 9.69 Å². The lowest BCUT2D eigenvalue weighted by Crippen LogP contribution is -2.67. The molecule has 2 heterocycles. The van der Waals surface area contributed by atoms with Crippen LogP contribution in [-0.2, 0) is 11.3 Å². The first-order chi connectivity index (χ1) is 17.8. The minimum absolute atomic E-state index is 0.00882. The van der Waals surface area contributed by atoms with Crippen molar-refractivity contribution in [3.63, 3.8) is 0 Å². The van der Waals surface area contributed by atoms with Crippen molar-refractivity contribution in [2.24, 2.45) is 5.92 Å². The number of rotatable bonds is 6. The first-order valence-corrected chi connectivity index (χ1v) is 14.1. The fourth-order valence-corrected chi connectivity index (χ4v) is 7.44. The second-order valence-electron chi connectivity index (χ2n) is 10.9. The van der Waals surface area contributed by atoms with Crippen molar-refractivity contribution in [1.82, 2.24) is 4.90 Å². The molecule has 2 aromatic carbocycles. The molecule has 1 aliphatic heterocycles. The number of hydrogen-bond acceptors (Lipinski definition) is 4. The lowest BCUT2D eigenvalue weighted by atomic mass is 9.73. The van der Waals surface area contributed by atoms with Gasteiger partial charge in [0.05, 0.1) is 17.8 Å². The van der Waals surface area contributed by atoms with Crippen LogP contribution < -0.4 is 4.90 Å². The maximum absolute atomic E-state index is 14.0. The molecule has 0 radical (unpaired) electrons. The summed E-state index contributed by atoms with van der Waals surface area (Å²) in [5.74, 6) is -0.655. The van der Waals surface area contributed by atoms with E-state index in [1.54, 1.807) is 0 Å². The number of hydrogen-bond donors (Lipinski definition) is 1. The van der Waals surface area contributed by atoms with Crippen molar-refractivity contribution in [1.29, 1.82) is 0 Å². The summed E-state index contributed by atoms with van der Waals surface area (Å²) in [6.07, 6.45) is 5.67. The summed E-state index contributed by atoms with van der Waals surface area (Å²) < 4.78 is 0. The van der Waals surface area contributed by atoms with E-state index >= 15 is 0 Å². The van der Waals surface area contributed by atoms with Crippen molar-refractivity contribution in [2.45, 2.75) is 65.0 Å². The monoisotopic (exact) mass is 516 g/mol. The van der Waals surface area contributed by atoms with E-state index in [2.05, 4.69) is 43.9 Å². The lowest BCUT2D eigenvalue weighted by molar-refractivity contribution is -0.125.